The number of Topliss-reactive ketones (excluding diaryl/α,β-unsaturated/α-hetero) is 1. The molecule has 1 aromatic carbocycles. The fourth-order valence-electron chi connectivity index (χ4n) is 3.17. The van der Waals surface area contributed by atoms with Gasteiger partial charge in [-0.1, -0.05) is 18.2 Å². The lowest BCUT2D eigenvalue weighted by Gasteiger charge is -2.22. The fraction of sp³-hybridized carbons (Fsp3) is 0.412. The van der Waals surface area contributed by atoms with Crippen LogP contribution in [0.1, 0.15) is 30.1 Å². The van der Waals surface area contributed by atoms with Crippen molar-refractivity contribution < 1.29 is 22.7 Å². The molecule has 25 heavy (non-hydrogen) atoms. The third-order valence-corrected chi connectivity index (χ3v) is 5.71. The Hall–Kier alpha value is -2.19. The van der Waals surface area contributed by atoms with E-state index in [1.165, 1.54) is 6.92 Å². The number of aromatic amines is 1. The number of ether oxygens (including phenoxy) is 1. The first kappa shape index (κ1) is 17.6. The van der Waals surface area contributed by atoms with Crippen LogP contribution in [0.2, 0.25) is 0 Å². The lowest BCUT2D eigenvalue weighted by Crippen LogP contribution is -2.42. The van der Waals surface area contributed by atoms with Crippen molar-refractivity contribution in [2.75, 3.05) is 12.8 Å². The maximum absolute atomic E-state index is 12.6. The highest BCUT2D eigenvalue weighted by molar-refractivity contribution is 7.88. The number of aromatic nitrogens is 1. The van der Waals surface area contributed by atoms with Gasteiger partial charge >= 0.3 is 5.97 Å². The summed E-state index contributed by atoms with van der Waals surface area (Å²) in [6.45, 7) is 1.80. The third-order valence-electron chi connectivity index (χ3n) is 4.42. The quantitative estimate of drug-likeness (QED) is 0.643. The zero-order valence-corrected chi connectivity index (χ0v) is 14.9. The van der Waals surface area contributed by atoms with Gasteiger partial charge in [0, 0.05) is 29.2 Å². The second-order valence-corrected chi connectivity index (χ2v) is 8.16. The van der Waals surface area contributed by atoms with Crippen molar-refractivity contribution in [3.8, 4) is 0 Å². The van der Waals surface area contributed by atoms with Gasteiger partial charge in [-0.2, -0.15) is 4.31 Å². The number of nitrogens with zero attached hydrogens (tertiary/aromatic N) is 1. The summed E-state index contributed by atoms with van der Waals surface area (Å²) >= 11 is 0. The fourth-order valence-corrected chi connectivity index (χ4v) is 4.29. The summed E-state index contributed by atoms with van der Waals surface area (Å²) in [6, 6.07) is 6.50. The van der Waals surface area contributed by atoms with Crippen LogP contribution in [0.3, 0.4) is 0 Å². The molecule has 1 fully saturated rings. The zero-order chi connectivity index (χ0) is 18.2. The van der Waals surface area contributed by atoms with Gasteiger partial charge in [-0.3, -0.25) is 9.59 Å². The first-order valence-electron chi connectivity index (χ1n) is 8.06. The van der Waals surface area contributed by atoms with Crippen LogP contribution in [0, 0.1) is 0 Å². The molecule has 0 unspecified atom stereocenters. The molecular formula is C17H20N2O5S. The summed E-state index contributed by atoms with van der Waals surface area (Å²) in [6.07, 6.45) is 2.67. The van der Waals surface area contributed by atoms with Gasteiger partial charge < -0.3 is 9.72 Å². The lowest BCUT2D eigenvalue weighted by atomic mass is 10.1. The number of fused-ring (bicyclic) bond motifs is 1. The standard InChI is InChI=1S/C17H20N2O5S/c1-11(16(20)13-10-18-14-7-4-3-6-12(13)14)24-17(21)15-8-5-9-19(15)25(2,22)23/h3-4,6-7,10-11,15,18H,5,8-9H2,1-2H3/t11-,15+/m0/s1. The largest absolute Gasteiger partial charge is 0.453 e. The molecule has 1 saturated heterocycles. The van der Waals surface area contributed by atoms with E-state index in [0.29, 0.717) is 24.9 Å². The predicted molar refractivity (Wildman–Crippen MR) is 92.8 cm³/mol. The van der Waals surface area contributed by atoms with E-state index in [1.807, 2.05) is 24.3 Å². The minimum atomic E-state index is -3.48. The minimum Gasteiger partial charge on any atom is -0.453 e. The SMILES string of the molecule is C[C@H](OC(=O)[C@H]1CCCN1S(C)(=O)=O)C(=O)c1c[nH]c2ccccc12. The Labute approximate surface area is 146 Å². The van der Waals surface area contributed by atoms with Crippen molar-refractivity contribution in [2.24, 2.45) is 0 Å². The number of H-pyrrole nitrogens is 1. The summed E-state index contributed by atoms with van der Waals surface area (Å²) in [5.74, 6) is -1.00. The van der Waals surface area contributed by atoms with Crippen LogP contribution >= 0.6 is 0 Å². The molecule has 0 aliphatic carbocycles. The van der Waals surface area contributed by atoms with E-state index in [1.54, 1.807) is 6.20 Å². The van der Waals surface area contributed by atoms with Crippen molar-refractivity contribution in [1.82, 2.24) is 9.29 Å². The van der Waals surface area contributed by atoms with Gasteiger partial charge in [0.05, 0.1) is 6.26 Å². The number of nitrogens with one attached hydrogen (secondary N) is 1. The summed E-state index contributed by atoms with van der Waals surface area (Å²) in [5, 5.41) is 0.758. The highest BCUT2D eigenvalue weighted by atomic mass is 32.2. The molecule has 1 N–H and O–H groups in total. The molecule has 2 atom stereocenters. The third kappa shape index (κ3) is 3.45. The molecular weight excluding hydrogens is 344 g/mol. The van der Waals surface area contributed by atoms with Gasteiger partial charge in [0.2, 0.25) is 15.8 Å². The van der Waals surface area contributed by atoms with Crippen LogP contribution in [-0.2, 0) is 19.6 Å². The maximum Gasteiger partial charge on any atom is 0.325 e. The number of hydrogen-bond donors (Lipinski definition) is 1. The Morgan fingerprint density at radius 1 is 1.32 bits per heavy atom. The number of rotatable bonds is 5. The molecule has 134 valence electrons. The monoisotopic (exact) mass is 364 g/mol. The molecule has 3 rings (SSSR count). The maximum atomic E-state index is 12.6. The number of sulfonamides is 1. The first-order chi connectivity index (χ1) is 11.8. The predicted octanol–water partition coefficient (Wildman–Crippen LogP) is 1.71. The van der Waals surface area contributed by atoms with Crippen LogP contribution in [0.25, 0.3) is 10.9 Å². The Kier molecular flexibility index (Phi) is 4.66. The lowest BCUT2D eigenvalue weighted by molar-refractivity contribution is -0.150. The average Bonchev–Trinajstić information content (AvgIpc) is 3.20. The topological polar surface area (TPSA) is 96.5 Å². The molecule has 1 aromatic heterocycles. The number of carbonyl (C=O) groups excluding carboxylic acids is 2. The van der Waals surface area contributed by atoms with Crippen LogP contribution in [0.15, 0.2) is 30.5 Å². The van der Waals surface area contributed by atoms with E-state index >= 15 is 0 Å². The smallest absolute Gasteiger partial charge is 0.325 e. The number of esters is 1. The molecule has 1 aliphatic heterocycles. The van der Waals surface area contributed by atoms with E-state index in [0.717, 1.165) is 21.5 Å². The molecule has 0 radical (unpaired) electrons. The molecule has 0 bridgehead atoms. The van der Waals surface area contributed by atoms with Crippen molar-refractivity contribution in [3.05, 3.63) is 36.0 Å². The highest BCUT2D eigenvalue weighted by Crippen LogP contribution is 2.23. The van der Waals surface area contributed by atoms with Crippen molar-refractivity contribution in [3.63, 3.8) is 0 Å². The Balaban J connectivity index is 1.74. The van der Waals surface area contributed by atoms with Gasteiger partial charge in [0.25, 0.3) is 0 Å². The first-order valence-corrected chi connectivity index (χ1v) is 9.91. The second kappa shape index (κ2) is 6.61. The van der Waals surface area contributed by atoms with E-state index in [9.17, 15) is 18.0 Å². The Bertz CT molecular complexity index is 918. The molecule has 2 heterocycles. The van der Waals surface area contributed by atoms with Crippen LogP contribution in [0.4, 0.5) is 0 Å². The van der Waals surface area contributed by atoms with E-state index < -0.39 is 28.1 Å². The van der Waals surface area contributed by atoms with Gasteiger partial charge in [0.1, 0.15) is 6.04 Å². The number of para-hydroxylation sites is 1. The molecule has 2 aromatic rings. The van der Waals surface area contributed by atoms with Crippen LogP contribution < -0.4 is 0 Å². The highest BCUT2D eigenvalue weighted by Gasteiger charge is 2.38. The molecule has 0 spiro atoms. The normalized spacial score (nSPS) is 19.8. The summed E-state index contributed by atoms with van der Waals surface area (Å²) in [5.41, 5.74) is 1.27. The van der Waals surface area contributed by atoms with Crippen molar-refractivity contribution in [2.45, 2.75) is 31.9 Å². The van der Waals surface area contributed by atoms with Crippen LogP contribution in [-0.4, -0.2) is 54.4 Å². The number of benzene rings is 1. The second-order valence-electron chi connectivity index (χ2n) is 6.22. The van der Waals surface area contributed by atoms with E-state index in [2.05, 4.69) is 4.98 Å². The number of ketones is 1. The van der Waals surface area contributed by atoms with Gasteiger partial charge in [-0.15, -0.1) is 0 Å². The summed E-state index contributed by atoms with van der Waals surface area (Å²) in [7, 11) is -3.48. The zero-order valence-electron chi connectivity index (χ0n) is 14.1. The van der Waals surface area contributed by atoms with Crippen LogP contribution in [0.5, 0.6) is 0 Å². The minimum absolute atomic E-state index is 0.295. The number of carbonyl (C=O) groups is 2. The molecule has 0 saturated carbocycles. The summed E-state index contributed by atoms with van der Waals surface area (Å²) < 4.78 is 29.9. The van der Waals surface area contributed by atoms with E-state index in [-0.39, 0.29) is 5.78 Å². The Morgan fingerprint density at radius 3 is 2.76 bits per heavy atom. The van der Waals surface area contributed by atoms with Crippen molar-refractivity contribution in [1.29, 1.82) is 0 Å². The molecule has 0 amide bonds. The van der Waals surface area contributed by atoms with E-state index in [4.69, 9.17) is 4.74 Å². The molecule has 8 heteroatoms. The van der Waals surface area contributed by atoms with Crippen molar-refractivity contribution >= 4 is 32.7 Å². The van der Waals surface area contributed by atoms with Gasteiger partial charge in [0.15, 0.2) is 6.10 Å². The van der Waals surface area contributed by atoms with Gasteiger partial charge in [-0.25, -0.2) is 8.42 Å². The Morgan fingerprint density at radius 2 is 2.04 bits per heavy atom. The van der Waals surface area contributed by atoms with Gasteiger partial charge in [-0.05, 0) is 25.8 Å². The molecule has 7 nitrogen and oxygen atoms in total. The molecule has 1 aliphatic rings. The average molecular weight is 364 g/mol. The summed E-state index contributed by atoms with van der Waals surface area (Å²) in [4.78, 5) is 28.0. The number of hydrogen-bond acceptors (Lipinski definition) is 5.